The number of benzene rings is 1. The minimum Gasteiger partial charge on any atom is -0.474 e. The van der Waals surface area contributed by atoms with Gasteiger partial charge in [0, 0.05) is 49.1 Å². The molecule has 1 amide bonds. The first-order valence-corrected chi connectivity index (χ1v) is 9.38. The van der Waals surface area contributed by atoms with Gasteiger partial charge < -0.3 is 9.64 Å². The molecule has 0 aliphatic carbocycles. The number of aromatic nitrogens is 2. The molecule has 0 N–H and O–H groups in total. The minimum absolute atomic E-state index is 0.0979. The molecule has 0 unspecified atom stereocenters. The fourth-order valence-electron chi connectivity index (χ4n) is 3.24. The molecule has 2 aromatic rings. The first kappa shape index (κ1) is 18.6. The predicted molar refractivity (Wildman–Crippen MR) is 102 cm³/mol. The normalized spacial score (nSPS) is 15.1. The number of ether oxygens (including phenoxy) is 1. The van der Waals surface area contributed by atoms with Crippen LogP contribution in [-0.2, 0) is 11.2 Å². The van der Waals surface area contributed by atoms with Crippen LogP contribution in [0.5, 0.6) is 5.88 Å². The molecule has 0 saturated carbocycles. The van der Waals surface area contributed by atoms with Crippen molar-refractivity contribution in [2.75, 3.05) is 13.1 Å². The maximum atomic E-state index is 12.4. The van der Waals surface area contributed by atoms with Gasteiger partial charge in [0.15, 0.2) is 0 Å². The van der Waals surface area contributed by atoms with Crippen LogP contribution >= 0.6 is 11.6 Å². The average molecular weight is 374 g/mol. The zero-order valence-corrected chi connectivity index (χ0v) is 16.0. The lowest BCUT2D eigenvalue weighted by Gasteiger charge is -2.32. The Balaban J connectivity index is 1.46. The molecule has 2 heterocycles. The maximum absolute atomic E-state index is 12.4. The Bertz CT molecular complexity index is 753. The third kappa shape index (κ3) is 5.18. The highest BCUT2D eigenvalue weighted by atomic mass is 35.5. The van der Waals surface area contributed by atoms with E-state index in [0.717, 1.165) is 43.6 Å². The summed E-state index contributed by atoms with van der Waals surface area (Å²) in [6, 6.07) is 9.54. The number of aryl methyl sites for hydroxylation is 3. The van der Waals surface area contributed by atoms with Gasteiger partial charge in [-0.2, -0.15) is 4.98 Å². The van der Waals surface area contributed by atoms with Gasteiger partial charge in [0.2, 0.25) is 11.8 Å². The second-order valence-corrected chi connectivity index (χ2v) is 7.16. The van der Waals surface area contributed by atoms with Gasteiger partial charge in [0.1, 0.15) is 11.9 Å². The van der Waals surface area contributed by atoms with Gasteiger partial charge in [0.05, 0.1) is 0 Å². The molecule has 0 radical (unpaired) electrons. The van der Waals surface area contributed by atoms with Crippen molar-refractivity contribution in [1.29, 1.82) is 0 Å². The predicted octanol–water partition coefficient (Wildman–Crippen LogP) is 3.75. The van der Waals surface area contributed by atoms with Crippen LogP contribution in [-0.4, -0.2) is 40.0 Å². The summed E-state index contributed by atoms with van der Waals surface area (Å²) in [5.74, 6) is 1.53. The molecule has 26 heavy (non-hydrogen) atoms. The lowest BCUT2D eigenvalue weighted by molar-refractivity contribution is -0.132. The van der Waals surface area contributed by atoms with E-state index in [9.17, 15) is 4.79 Å². The maximum Gasteiger partial charge on any atom is 0.222 e. The Morgan fingerprint density at radius 1 is 1.23 bits per heavy atom. The highest BCUT2D eigenvalue weighted by Crippen LogP contribution is 2.19. The van der Waals surface area contributed by atoms with E-state index in [2.05, 4.69) is 9.97 Å². The second kappa shape index (κ2) is 8.49. The molecule has 0 atom stereocenters. The molecule has 5 nitrogen and oxygen atoms in total. The van der Waals surface area contributed by atoms with Crippen LogP contribution in [0.3, 0.4) is 0 Å². The number of piperidine rings is 1. The van der Waals surface area contributed by atoms with Crippen molar-refractivity contribution < 1.29 is 9.53 Å². The van der Waals surface area contributed by atoms with E-state index in [4.69, 9.17) is 16.3 Å². The first-order chi connectivity index (χ1) is 12.5. The lowest BCUT2D eigenvalue weighted by Crippen LogP contribution is -2.42. The molecular formula is C20H24ClN3O2. The van der Waals surface area contributed by atoms with Gasteiger partial charge in [-0.1, -0.05) is 23.7 Å². The largest absolute Gasteiger partial charge is 0.474 e. The Morgan fingerprint density at radius 3 is 2.69 bits per heavy atom. The second-order valence-electron chi connectivity index (χ2n) is 6.72. The Hall–Kier alpha value is -2.14. The molecule has 1 saturated heterocycles. The summed E-state index contributed by atoms with van der Waals surface area (Å²) in [6.45, 7) is 5.24. The van der Waals surface area contributed by atoms with E-state index in [1.165, 1.54) is 0 Å². The van der Waals surface area contributed by atoms with E-state index in [0.29, 0.717) is 23.1 Å². The fraction of sp³-hybridized carbons (Fsp3) is 0.450. The Morgan fingerprint density at radius 2 is 2.00 bits per heavy atom. The summed E-state index contributed by atoms with van der Waals surface area (Å²) < 4.78 is 5.98. The summed E-state index contributed by atoms with van der Waals surface area (Å²) >= 11 is 5.99. The van der Waals surface area contributed by atoms with Crippen LogP contribution < -0.4 is 4.74 Å². The molecule has 3 rings (SSSR count). The molecule has 1 fully saturated rings. The summed E-state index contributed by atoms with van der Waals surface area (Å²) in [7, 11) is 0. The first-order valence-electron chi connectivity index (χ1n) is 9.01. The SMILES string of the molecule is Cc1cc(OC2CCN(C(=O)CCc3cccc(Cl)c3)CC2)nc(C)n1. The number of likely N-dealkylation sites (tertiary alicyclic amines) is 1. The number of amides is 1. The van der Waals surface area contributed by atoms with Crippen LogP contribution in [0.25, 0.3) is 0 Å². The van der Waals surface area contributed by atoms with E-state index >= 15 is 0 Å². The number of halogens is 1. The minimum atomic E-state index is 0.0979. The van der Waals surface area contributed by atoms with Gasteiger partial charge in [-0.3, -0.25) is 4.79 Å². The number of carbonyl (C=O) groups excluding carboxylic acids is 1. The fourth-order valence-corrected chi connectivity index (χ4v) is 3.45. The number of carbonyl (C=O) groups is 1. The summed E-state index contributed by atoms with van der Waals surface area (Å²) in [5.41, 5.74) is 2.00. The third-order valence-corrected chi connectivity index (χ3v) is 4.78. The number of nitrogens with zero attached hydrogens (tertiary/aromatic N) is 3. The molecular weight excluding hydrogens is 350 g/mol. The van der Waals surface area contributed by atoms with E-state index in [1.54, 1.807) is 0 Å². The van der Waals surface area contributed by atoms with E-state index < -0.39 is 0 Å². The highest BCUT2D eigenvalue weighted by Gasteiger charge is 2.24. The molecule has 1 aromatic heterocycles. The van der Waals surface area contributed by atoms with Crippen molar-refractivity contribution in [2.24, 2.45) is 0 Å². The molecule has 6 heteroatoms. The smallest absolute Gasteiger partial charge is 0.222 e. The molecule has 1 aliphatic heterocycles. The van der Waals surface area contributed by atoms with Gasteiger partial charge in [-0.05, 0) is 38.0 Å². The topological polar surface area (TPSA) is 55.3 Å². The number of hydrogen-bond donors (Lipinski definition) is 0. The van der Waals surface area contributed by atoms with Gasteiger partial charge in [-0.15, -0.1) is 0 Å². The Kier molecular flexibility index (Phi) is 6.09. The number of hydrogen-bond acceptors (Lipinski definition) is 4. The van der Waals surface area contributed by atoms with Crippen LogP contribution in [0.2, 0.25) is 5.02 Å². The Labute approximate surface area is 159 Å². The van der Waals surface area contributed by atoms with Crippen LogP contribution in [0.1, 0.15) is 36.3 Å². The summed E-state index contributed by atoms with van der Waals surface area (Å²) in [5, 5.41) is 0.711. The van der Waals surface area contributed by atoms with Crippen molar-refractivity contribution in [3.8, 4) is 5.88 Å². The van der Waals surface area contributed by atoms with Crippen molar-refractivity contribution >= 4 is 17.5 Å². The summed E-state index contributed by atoms with van der Waals surface area (Å²) in [6.07, 6.45) is 2.97. The van der Waals surface area contributed by atoms with Gasteiger partial charge in [0.25, 0.3) is 0 Å². The number of rotatable bonds is 5. The highest BCUT2D eigenvalue weighted by molar-refractivity contribution is 6.30. The average Bonchev–Trinajstić information content (AvgIpc) is 2.59. The van der Waals surface area contributed by atoms with Crippen LogP contribution in [0.15, 0.2) is 30.3 Å². The van der Waals surface area contributed by atoms with Crippen LogP contribution in [0, 0.1) is 13.8 Å². The van der Waals surface area contributed by atoms with Crippen LogP contribution in [0.4, 0.5) is 0 Å². The lowest BCUT2D eigenvalue weighted by atomic mass is 10.1. The van der Waals surface area contributed by atoms with Crippen molar-refractivity contribution in [1.82, 2.24) is 14.9 Å². The zero-order valence-electron chi connectivity index (χ0n) is 15.2. The summed E-state index contributed by atoms with van der Waals surface area (Å²) in [4.78, 5) is 23.0. The van der Waals surface area contributed by atoms with Crippen molar-refractivity contribution in [3.63, 3.8) is 0 Å². The standard InChI is InChI=1S/C20H24ClN3O2/c1-14-12-19(23-15(2)22-14)26-18-8-10-24(11-9-18)20(25)7-6-16-4-3-5-17(21)13-16/h3-5,12-13,18H,6-11H2,1-2H3. The van der Waals surface area contributed by atoms with Crippen molar-refractivity contribution in [2.45, 2.75) is 45.6 Å². The molecule has 0 bridgehead atoms. The van der Waals surface area contributed by atoms with Gasteiger partial charge in [-0.25, -0.2) is 4.98 Å². The molecule has 1 aliphatic rings. The zero-order chi connectivity index (χ0) is 18.5. The van der Waals surface area contributed by atoms with Crippen molar-refractivity contribution in [3.05, 3.63) is 52.4 Å². The van der Waals surface area contributed by atoms with E-state index in [-0.39, 0.29) is 12.0 Å². The monoisotopic (exact) mass is 373 g/mol. The molecule has 138 valence electrons. The van der Waals surface area contributed by atoms with E-state index in [1.807, 2.05) is 49.1 Å². The molecule has 0 spiro atoms. The quantitative estimate of drug-likeness (QED) is 0.800. The molecule has 1 aromatic carbocycles. The van der Waals surface area contributed by atoms with Gasteiger partial charge >= 0.3 is 0 Å². The third-order valence-electron chi connectivity index (χ3n) is 4.54.